The molecule has 0 aliphatic heterocycles. The molecule has 0 aliphatic rings. The molecule has 0 saturated carbocycles. The first-order valence-electron chi connectivity index (χ1n) is 6.15. The van der Waals surface area contributed by atoms with E-state index in [4.69, 9.17) is 11.6 Å². The van der Waals surface area contributed by atoms with Gasteiger partial charge in [0.15, 0.2) is 0 Å². The maximum absolute atomic E-state index is 13.1. The number of benzene rings is 1. The van der Waals surface area contributed by atoms with Crippen molar-refractivity contribution in [3.63, 3.8) is 0 Å². The molecular weight excluding hydrogens is 283 g/mol. The van der Waals surface area contributed by atoms with E-state index in [1.807, 2.05) is 18.5 Å². The second-order valence-electron chi connectivity index (χ2n) is 4.57. The summed E-state index contributed by atoms with van der Waals surface area (Å²) < 4.78 is 13.1. The highest BCUT2D eigenvalue weighted by molar-refractivity contribution is 7.09. The van der Waals surface area contributed by atoms with Gasteiger partial charge in [-0.05, 0) is 24.6 Å². The number of nitrogens with one attached hydrogen (secondary N) is 1. The van der Waals surface area contributed by atoms with E-state index < -0.39 is 0 Å². The maximum atomic E-state index is 13.1. The highest BCUT2D eigenvalue weighted by Crippen LogP contribution is 2.22. The average Bonchev–Trinajstić information content (AvgIpc) is 2.92. The number of hydrogen-bond acceptors (Lipinski definition) is 3. The Morgan fingerprint density at radius 1 is 1.42 bits per heavy atom. The molecule has 5 heteroatoms. The largest absolute Gasteiger partial charge is 0.310 e. The van der Waals surface area contributed by atoms with Crippen LogP contribution < -0.4 is 5.32 Å². The predicted molar refractivity (Wildman–Crippen MR) is 78.4 cm³/mol. The van der Waals surface area contributed by atoms with Crippen LogP contribution in [0.2, 0.25) is 5.02 Å². The van der Waals surface area contributed by atoms with E-state index in [-0.39, 0.29) is 16.9 Å². The molecule has 1 heterocycles. The molecule has 0 amide bonds. The Hall–Kier alpha value is -0.970. The Bertz CT molecular complexity index is 530. The summed E-state index contributed by atoms with van der Waals surface area (Å²) in [6.45, 7) is 5.00. The smallest absolute Gasteiger partial charge is 0.141 e. The number of aromatic nitrogens is 1. The summed E-state index contributed by atoms with van der Waals surface area (Å²) in [5.41, 5.74) is 0.984. The highest BCUT2D eigenvalue weighted by atomic mass is 35.5. The topological polar surface area (TPSA) is 24.9 Å². The molecule has 0 aliphatic carbocycles. The van der Waals surface area contributed by atoms with E-state index >= 15 is 0 Å². The maximum Gasteiger partial charge on any atom is 0.141 e. The van der Waals surface area contributed by atoms with Crippen LogP contribution in [0.4, 0.5) is 4.39 Å². The quantitative estimate of drug-likeness (QED) is 0.885. The van der Waals surface area contributed by atoms with Crippen LogP contribution in [0.1, 0.15) is 36.4 Å². The molecule has 0 spiro atoms. The third-order valence-electron chi connectivity index (χ3n) is 3.05. The molecule has 2 rings (SSSR count). The third-order valence-corrected chi connectivity index (χ3v) is 4.34. The van der Waals surface area contributed by atoms with Gasteiger partial charge in [-0.25, -0.2) is 9.37 Å². The minimum absolute atomic E-state index is 0.125. The summed E-state index contributed by atoms with van der Waals surface area (Å²) in [7, 11) is 0. The Labute approximate surface area is 121 Å². The minimum atomic E-state index is -0.381. The lowest BCUT2D eigenvalue weighted by Gasteiger charge is -2.17. The fourth-order valence-electron chi connectivity index (χ4n) is 1.82. The molecule has 0 fully saturated rings. The number of hydrogen-bond donors (Lipinski definition) is 1. The van der Waals surface area contributed by atoms with Crippen molar-refractivity contribution >= 4 is 22.9 Å². The lowest BCUT2D eigenvalue weighted by Crippen LogP contribution is -2.23. The van der Waals surface area contributed by atoms with Gasteiger partial charge in [0.05, 0.1) is 10.0 Å². The van der Waals surface area contributed by atoms with E-state index in [9.17, 15) is 4.39 Å². The second kappa shape index (κ2) is 6.46. The van der Waals surface area contributed by atoms with Crippen molar-refractivity contribution in [2.45, 2.75) is 25.8 Å². The van der Waals surface area contributed by atoms with Gasteiger partial charge in [-0.2, -0.15) is 0 Å². The first-order chi connectivity index (χ1) is 9.08. The number of rotatable bonds is 5. The monoisotopic (exact) mass is 298 g/mol. The molecule has 1 N–H and O–H groups in total. The van der Waals surface area contributed by atoms with Gasteiger partial charge in [0.2, 0.25) is 0 Å². The van der Waals surface area contributed by atoms with Gasteiger partial charge in [-0.1, -0.05) is 24.6 Å². The van der Waals surface area contributed by atoms with Gasteiger partial charge in [0.25, 0.3) is 0 Å². The molecule has 0 saturated heterocycles. The van der Waals surface area contributed by atoms with Crippen LogP contribution >= 0.6 is 22.9 Å². The van der Waals surface area contributed by atoms with Gasteiger partial charge in [-0.15, -0.1) is 11.3 Å². The third kappa shape index (κ3) is 3.75. The number of nitrogens with zero attached hydrogens (tertiary/aromatic N) is 1. The predicted octanol–water partition coefficient (Wildman–Crippen LogP) is 4.39. The van der Waals surface area contributed by atoms with E-state index in [2.05, 4.69) is 17.2 Å². The van der Waals surface area contributed by atoms with Gasteiger partial charge < -0.3 is 5.32 Å². The van der Waals surface area contributed by atoms with Crippen molar-refractivity contribution in [1.29, 1.82) is 0 Å². The SMILES string of the molecule is CC(CNC(C)c1ccc(F)c(Cl)c1)c1nccs1. The second-order valence-corrected chi connectivity index (χ2v) is 5.91. The average molecular weight is 299 g/mol. The Morgan fingerprint density at radius 2 is 2.21 bits per heavy atom. The Balaban J connectivity index is 1.93. The van der Waals surface area contributed by atoms with E-state index in [1.165, 1.54) is 6.07 Å². The molecule has 0 radical (unpaired) electrons. The number of thiazole rings is 1. The van der Waals surface area contributed by atoms with Gasteiger partial charge in [0.1, 0.15) is 5.82 Å². The molecular formula is C14H16ClFN2S. The minimum Gasteiger partial charge on any atom is -0.310 e. The molecule has 19 heavy (non-hydrogen) atoms. The van der Waals surface area contributed by atoms with Gasteiger partial charge >= 0.3 is 0 Å². The lowest BCUT2D eigenvalue weighted by molar-refractivity contribution is 0.534. The summed E-state index contributed by atoms with van der Waals surface area (Å²) in [4.78, 5) is 4.30. The van der Waals surface area contributed by atoms with Crippen LogP contribution in [0.25, 0.3) is 0 Å². The summed E-state index contributed by atoms with van der Waals surface area (Å²) in [6, 6.07) is 4.95. The zero-order chi connectivity index (χ0) is 13.8. The standard InChI is InChI=1S/C14H16ClFN2S/c1-9(14-17-5-6-19-14)8-18-10(2)11-3-4-13(16)12(15)7-11/h3-7,9-10,18H,8H2,1-2H3. The van der Waals surface area contributed by atoms with Gasteiger partial charge in [-0.3, -0.25) is 0 Å². The number of halogens is 2. The van der Waals surface area contributed by atoms with E-state index in [0.717, 1.165) is 17.1 Å². The summed E-state index contributed by atoms with van der Waals surface area (Å²) in [6.07, 6.45) is 1.82. The van der Waals surface area contributed by atoms with Gasteiger partial charge in [0, 0.05) is 30.1 Å². The molecule has 0 bridgehead atoms. The summed E-state index contributed by atoms with van der Waals surface area (Å²) >= 11 is 7.45. The van der Waals surface area contributed by atoms with E-state index in [0.29, 0.717) is 5.92 Å². The van der Waals surface area contributed by atoms with Crippen LogP contribution in [-0.4, -0.2) is 11.5 Å². The molecule has 2 nitrogen and oxygen atoms in total. The molecule has 1 aromatic heterocycles. The molecule has 1 aromatic carbocycles. The first kappa shape index (κ1) is 14.4. The summed E-state index contributed by atoms with van der Waals surface area (Å²) in [5.74, 6) is -0.0212. The highest BCUT2D eigenvalue weighted by Gasteiger charge is 2.12. The van der Waals surface area contributed by atoms with E-state index in [1.54, 1.807) is 23.5 Å². The Morgan fingerprint density at radius 3 is 2.84 bits per heavy atom. The van der Waals surface area contributed by atoms with Crippen LogP contribution in [0, 0.1) is 5.82 Å². The van der Waals surface area contributed by atoms with Crippen LogP contribution in [0.3, 0.4) is 0 Å². The Kier molecular flexibility index (Phi) is 4.91. The fraction of sp³-hybridized carbons (Fsp3) is 0.357. The van der Waals surface area contributed by atoms with Crippen LogP contribution in [-0.2, 0) is 0 Å². The zero-order valence-corrected chi connectivity index (χ0v) is 12.4. The lowest BCUT2D eigenvalue weighted by atomic mass is 10.1. The molecule has 2 atom stereocenters. The van der Waals surface area contributed by atoms with Crippen LogP contribution in [0.15, 0.2) is 29.8 Å². The molecule has 2 aromatic rings. The first-order valence-corrected chi connectivity index (χ1v) is 7.41. The summed E-state index contributed by atoms with van der Waals surface area (Å²) in [5, 5.41) is 6.69. The molecule has 2 unspecified atom stereocenters. The van der Waals surface area contributed by atoms with Crippen molar-refractivity contribution in [2.75, 3.05) is 6.54 Å². The zero-order valence-electron chi connectivity index (χ0n) is 10.9. The normalized spacial score (nSPS) is 14.3. The van der Waals surface area contributed by atoms with Crippen molar-refractivity contribution in [2.24, 2.45) is 0 Å². The van der Waals surface area contributed by atoms with Crippen molar-refractivity contribution in [1.82, 2.24) is 10.3 Å². The van der Waals surface area contributed by atoms with Crippen LogP contribution in [0.5, 0.6) is 0 Å². The van der Waals surface area contributed by atoms with Crippen molar-refractivity contribution in [3.8, 4) is 0 Å². The van der Waals surface area contributed by atoms with Crippen molar-refractivity contribution < 1.29 is 4.39 Å². The fourth-order valence-corrected chi connectivity index (χ4v) is 2.71. The molecule has 102 valence electrons. The van der Waals surface area contributed by atoms with Crippen molar-refractivity contribution in [3.05, 3.63) is 51.2 Å².